The Bertz CT molecular complexity index is 472. The van der Waals surface area contributed by atoms with E-state index < -0.39 is 23.6 Å². The van der Waals surface area contributed by atoms with Crippen molar-refractivity contribution in [2.24, 2.45) is 5.92 Å². The third-order valence-electron chi connectivity index (χ3n) is 2.68. The van der Waals surface area contributed by atoms with Gasteiger partial charge in [-0.15, -0.1) is 0 Å². The SMILES string of the molecule is CC1(C)OC(=O)C(Cc2ccccc2O)C(=O)O1. The minimum atomic E-state index is -1.22. The van der Waals surface area contributed by atoms with Crippen LogP contribution < -0.4 is 0 Å². The lowest BCUT2D eigenvalue weighted by molar-refractivity contribution is -0.239. The van der Waals surface area contributed by atoms with Gasteiger partial charge in [-0.2, -0.15) is 0 Å². The molecule has 0 aromatic heterocycles. The Morgan fingerprint density at radius 2 is 1.72 bits per heavy atom. The fourth-order valence-corrected chi connectivity index (χ4v) is 1.81. The van der Waals surface area contributed by atoms with Crippen LogP contribution in [-0.2, 0) is 25.5 Å². The first-order chi connectivity index (χ1) is 8.39. The molecule has 1 aromatic rings. The number of phenols is 1. The van der Waals surface area contributed by atoms with Gasteiger partial charge < -0.3 is 14.6 Å². The monoisotopic (exact) mass is 250 g/mol. The summed E-state index contributed by atoms with van der Waals surface area (Å²) in [6.07, 6.45) is 0.0699. The van der Waals surface area contributed by atoms with E-state index in [4.69, 9.17) is 9.47 Å². The van der Waals surface area contributed by atoms with E-state index in [9.17, 15) is 14.7 Å². The molecule has 0 atom stereocenters. The number of phenolic OH excluding ortho intramolecular Hbond substituents is 1. The van der Waals surface area contributed by atoms with Crippen molar-refractivity contribution in [3.63, 3.8) is 0 Å². The van der Waals surface area contributed by atoms with E-state index in [2.05, 4.69) is 0 Å². The van der Waals surface area contributed by atoms with E-state index in [0.717, 1.165) is 0 Å². The number of ether oxygens (including phenoxy) is 2. The first-order valence-corrected chi connectivity index (χ1v) is 5.61. The number of hydrogen-bond acceptors (Lipinski definition) is 5. The summed E-state index contributed by atoms with van der Waals surface area (Å²) in [4.78, 5) is 23.5. The van der Waals surface area contributed by atoms with Crippen molar-refractivity contribution in [2.75, 3.05) is 0 Å². The van der Waals surface area contributed by atoms with Crippen molar-refractivity contribution in [3.8, 4) is 5.75 Å². The Balaban J connectivity index is 2.18. The number of para-hydroxylation sites is 1. The second kappa shape index (κ2) is 4.33. The Labute approximate surface area is 104 Å². The first-order valence-electron chi connectivity index (χ1n) is 5.61. The fourth-order valence-electron chi connectivity index (χ4n) is 1.81. The molecule has 96 valence electrons. The minimum absolute atomic E-state index is 0.0444. The van der Waals surface area contributed by atoms with E-state index in [1.165, 1.54) is 19.9 Å². The Kier molecular flexibility index (Phi) is 2.98. The maximum Gasteiger partial charge on any atom is 0.323 e. The van der Waals surface area contributed by atoms with Crippen LogP contribution in [0.2, 0.25) is 0 Å². The highest BCUT2D eigenvalue weighted by Gasteiger charge is 2.43. The number of hydrogen-bond donors (Lipinski definition) is 1. The predicted molar refractivity (Wildman–Crippen MR) is 61.6 cm³/mol. The number of cyclic esters (lactones) is 2. The van der Waals surface area contributed by atoms with Gasteiger partial charge in [0.05, 0.1) is 0 Å². The zero-order valence-electron chi connectivity index (χ0n) is 10.2. The smallest absolute Gasteiger partial charge is 0.323 e. The molecule has 5 heteroatoms. The van der Waals surface area contributed by atoms with E-state index >= 15 is 0 Å². The van der Waals surface area contributed by atoms with Gasteiger partial charge in [0.2, 0.25) is 0 Å². The van der Waals surface area contributed by atoms with Crippen molar-refractivity contribution in [1.82, 2.24) is 0 Å². The quantitative estimate of drug-likeness (QED) is 0.634. The summed E-state index contributed by atoms with van der Waals surface area (Å²) in [6.45, 7) is 3.00. The molecule has 1 aliphatic heterocycles. The lowest BCUT2D eigenvalue weighted by atomic mass is 9.98. The third kappa shape index (κ3) is 2.45. The lowest BCUT2D eigenvalue weighted by Gasteiger charge is -2.32. The Hall–Kier alpha value is -2.04. The van der Waals surface area contributed by atoms with Gasteiger partial charge in [0.15, 0.2) is 5.92 Å². The normalized spacial score (nSPS) is 19.2. The number of esters is 2. The van der Waals surface area contributed by atoms with E-state index in [1.807, 2.05) is 0 Å². The molecule has 1 aliphatic rings. The molecule has 0 radical (unpaired) electrons. The van der Waals surface area contributed by atoms with Crippen LogP contribution in [0.25, 0.3) is 0 Å². The molecule has 1 saturated heterocycles. The van der Waals surface area contributed by atoms with E-state index in [1.54, 1.807) is 18.2 Å². The van der Waals surface area contributed by atoms with E-state index in [0.29, 0.717) is 5.56 Å². The number of carbonyl (C=O) groups excluding carboxylic acids is 2. The van der Waals surface area contributed by atoms with Crippen LogP contribution in [0.3, 0.4) is 0 Å². The molecule has 1 heterocycles. The zero-order chi connectivity index (χ0) is 13.3. The van der Waals surface area contributed by atoms with Crippen LogP contribution in [0, 0.1) is 5.92 Å². The number of aromatic hydroxyl groups is 1. The molecular formula is C13H14O5. The molecule has 1 fully saturated rings. The zero-order valence-corrected chi connectivity index (χ0v) is 10.2. The second-order valence-corrected chi connectivity index (χ2v) is 4.63. The molecule has 5 nitrogen and oxygen atoms in total. The average molecular weight is 250 g/mol. The molecule has 2 rings (SSSR count). The summed E-state index contributed by atoms with van der Waals surface area (Å²) >= 11 is 0. The van der Waals surface area contributed by atoms with Crippen molar-refractivity contribution in [3.05, 3.63) is 29.8 Å². The predicted octanol–water partition coefficient (Wildman–Crippen LogP) is 1.39. The second-order valence-electron chi connectivity index (χ2n) is 4.63. The third-order valence-corrected chi connectivity index (χ3v) is 2.68. The molecule has 1 aromatic carbocycles. The maximum atomic E-state index is 11.7. The highest BCUT2D eigenvalue weighted by atomic mass is 16.7. The standard InChI is InChI=1S/C13H14O5/c1-13(2)17-11(15)9(12(16)18-13)7-8-5-3-4-6-10(8)14/h3-6,9,14H,7H2,1-2H3. The van der Waals surface area contributed by atoms with Crippen molar-refractivity contribution in [1.29, 1.82) is 0 Å². The summed E-state index contributed by atoms with van der Waals surface area (Å²) in [7, 11) is 0. The molecule has 0 bridgehead atoms. The van der Waals surface area contributed by atoms with E-state index in [-0.39, 0.29) is 12.2 Å². The molecule has 0 saturated carbocycles. The largest absolute Gasteiger partial charge is 0.508 e. The minimum Gasteiger partial charge on any atom is -0.508 e. The number of benzene rings is 1. The van der Waals surface area contributed by atoms with Gasteiger partial charge in [0.25, 0.3) is 5.79 Å². The summed E-state index contributed by atoms with van der Waals surface area (Å²) < 4.78 is 10.0. The summed E-state index contributed by atoms with van der Waals surface area (Å²) in [6, 6.07) is 6.53. The maximum absolute atomic E-state index is 11.7. The van der Waals surface area contributed by atoms with Crippen LogP contribution in [0.15, 0.2) is 24.3 Å². The molecule has 0 aliphatic carbocycles. The van der Waals surface area contributed by atoms with Gasteiger partial charge in [-0.3, -0.25) is 9.59 Å². The van der Waals surface area contributed by atoms with Gasteiger partial charge in [-0.25, -0.2) is 0 Å². The van der Waals surface area contributed by atoms with Crippen molar-refractivity contribution < 1.29 is 24.2 Å². The molecule has 0 unspecified atom stereocenters. The summed E-state index contributed by atoms with van der Waals surface area (Å²) in [5, 5.41) is 9.61. The topological polar surface area (TPSA) is 72.8 Å². The van der Waals surface area contributed by atoms with Crippen LogP contribution >= 0.6 is 0 Å². The molecule has 18 heavy (non-hydrogen) atoms. The fraction of sp³-hybridized carbons (Fsp3) is 0.385. The van der Waals surface area contributed by atoms with Gasteiger partial charge in [0, 0.05) is 13.8 Å². The lowest BCUT2D eigenvalue weighted by Crippen LogP contribution is -2.46. The van der Waals surface area contributed by atoms with Gasteiger partial charge in [-0.1, -0.05) is 18.2 Å². The number of rotatable bonds is 2. The molecule has 0 spiro atoms. The highest BCUT2D eigenvalue weighted by Crippen LogP contribution is 2.27. The van der Waals surface area contributed by atoms with Crippen molar-refractivity contribution in [2.45, 2.75) is 26.1 Å². The van der Waals surface area contributed by atoms with Gasteiger partial charge in [0.1, 0.15) is 5.75 Å². The van der Waals surface area contributed by atoms with Crippen molar-refractivity contribution >= 4 is 11.9 Å². The molecule has 0 amide bonds. The van der Waals surface area contributed by atoms with Crippen LogP contribution in [0.5, 0.6) is 5.75 Å². The van der Waals surface area contributed by atoms with Crippen LogP contribution in [-0.4, -0.2) is 22.8 Å². The van der Waals surface area contributed by atoms with Gasteiger partial charge in [-0.05, 0) is 18.1 Å². The van der Waals surface area contributed by atoms with Crippen LogP contribution in [0.1, 0.15) is 19.4 Å². The highest BCUT2D eigenvalue weighted by molar-refractivity contribution is 5.97. The molecular weight excluding hydrogens is 236 g/mol. The number of carbonyl (C=O) groups is 2. The van der Waals surface area contributed by atoms with Gasteiger partial charge >= 0.3 is 11.9 Å². The Morgan fingerprint density at radius 3 is 2.28 bits per heavy atom. The Morgan fingerprint density at radius 1 is 1.17 bits per heavy atom. The van der Waals surface area contributed by atoms with Crippen LogP contribution in [0.4, 0.5) is 0 Å². The summed E-state index contributed by atoms with van der Waals surface area (Å²) in [5.74, 6) is -3.45. The molecule has 1 N–H and O–H groups in total. The average Bonchev–Trinajstić information content (AvgIpc) is 2.24. The first kappa shape index (κ1) is 12.4. The summed E-state index contributed by atoms with van der Waals surface area (Å²) in [5.41, 5.74) is 0.510.